The summed E-state index contributed by atoms with van der Waals surface area (Å²) in [5, 5.41) is 0.704. The van der Waals surface area contributed by atoms with Crippen LogP contribution in [0.2, 0.25) is 0 Å². The molecule has 4 atom stereocenters. The molecule has 0 aromatic rings. The zero-order valence-electron chi connectivity index (χ0n) is 6.48. The highest BCUT2D eigenvalue weighted by Gasteiger charge is 2.29. The SMILES string of the molecule is CC1CC(Cl)C(C)CC1Cl. The molecule has 0 amide bonds. The number of alkyl halides is 2. The van der Waals surface area contributed by atoms with E-state index in [-0.39, 0.29) is 0 Å². The molecule has 1 rings (SSSR count). The first-order chi connectivity index (χ1) is 4.61. The maximum atomic E-state index is 6.07. The minimum atomic E-state index is 0.352. The predicted molar refractivity (Wildman–Crippen MR) is 46.8 cm³/mol. The lowest BCUT2D eigenvalue weighted by Gasteiger charge is -2.32. The Morgan fingerprint density at radius 3 is 1.50 bits per heavy atom. The van der Waals surface area contributed by atoms with Crippen LogP contribution < -0.4 is 0 Å². The van der Waals surface area contributed by atoms with Gasteiger partial charge in [0.15, 0.2) is 0 Å². The first kappa shape index (κ1) is 8.67. The van der Waals surface area contributed by atoms with Crippen molar-refractivity contribution in [1.82, 2.24) is 0 Å². The summed E-state index contributed by atoms with van der Waals surface area (Å²) in [6.07, 6.45) is 2.16. The summed E-state index contributed by atoms with van der Waals surface area (Å²) in [4.78, 5) is 0. The van der Waals surface area contributed by atoms with E-state index in [4.69, 9.17) is 23.2 Å². The van der Waals surface area contributed by atoms with Crippen LogP contribution in [-0.4, -0.2) is 10.8 Å². The van der Waals surface area contributed by atoms with Gasteiger partial charge in [-0.1, -0.05) is 13.8 Å². The summed E-state index contributed by atoms with van der Waals surface area (Å²) < 4.78 is 0. The topological polar surface area (TPSA) is 0 Å². The zero-order valence-corrected chi connectivity index (χ0v) is 7.99. The molecule has 0 aliphatic heterocycles. The summed E-state index contributed by atoms with van der Waals surface area (Å²) >= 11 is 12.1. The molecule has 0 radical (unpaired) electrons. The Morgan fingerprint density at radius 2 is 1.20 bits per heavy atom. The summed E-state index contributed by atoms with van der Waals surface area (Å²) in [7, 11) is 0. The second kappa shape index (κ2) is 3.32. The highest BCUT2D eigenvalue weighted by molar-refractivity contribution is 6.22. The fraction of sp³-hybridized carbons (Fsp3) is 1.00. The summed E-state index contributed by atoms with van der Waals surface area (Å²) in [6.45, 7) is 4.36. The Balaban J connectivity index is 2.46. The zero-order chi connectivity index (χ0) is 7.72. The van der Waals surface area contributed by atoms with Crippen molar-refractivity contribution in [3.05, 3.63) is 0 Å². The van der Waals surface area contributed by atoms with E-state index in [0.717, 1.165) is 12.8 Å². The number of rotatable bonds is 0. The van der Waals surface area contributed by atoms with Crippen molar-refractivity contribution in [3.8, 4) is 0 Å². The van der Waals surface area contributed by atoms with Gasteiger partial charge in [0.1, 0.15) is 0 Å². The number of hydrogen-bond donors (Lipinski definition) is 0. The fourth-order valence-corrected chi connectivity index (χ4v) is 2.24. The second-order valence-corrected chi connectivity index (χ2v) is 4.58. The molecule has 60 valence electrons. The van der Waals surface area contributed by atoms with Gasteiger partial charge < -0.3 is 0 Å². The van der Waals surface area contributed by atoms with Crippen LogP contribution in [-0.2, 0) is 0 Å². The standard InChI is InChI=1S/C8H14Cl2/c1-5-3-8(10)6(2)4-7(5)9/h5-8H,3-4H2,1-2H3. The van der Waals surface area contributed by atoms with Gasteiger partial charge in [-0.3, -0.25) is 0 Å². The molecule has 0 heterocycles. The molecule has 0 saturated heterocycles. The maximum absolute atomic E-state index is 6.07. The predicted octanol–water partition coefficient (Wildman–Crippen LogP) is 3.27. The molecule has 0 aromatic carbocycles. The third kappa shape index (κ3) is 1.79. The molecule has 1 aliphatic rings. The van der Waals surface area contributed by atoms with E-state index in [2.05, 4.69) is 13.8 Å². The lowest BCUT2D eigenvalue weighted by atomic mass is 9.83. The van der Waals surface area contributed by atoms with Crippen molar-refractivity contribution >= 4 is 23.2 Å². The van der Waals surface area contributed by atoms with Crippen molar-refractivity contribution in [3.63, 3.8) is 0 Å². The first-order valence-electron chi connectivity index (χ1n) is 3.89. The normalized spacial score (nSPS) is 49.2. The summed E-state index contributed by atoms with van der Waals surface area (Å²) in [6, 6.07) is 0. The molecule has 4 unspecified atom stereocenters. The van der Waals surface area contributed by atoms with Crippen molar-refractivity contribution < 1.29 is 0 Å². The van der Waals surface area contributed by atoms with Crippen LogP contribution in [0, 0.1) is 11.8 Å². The molecule has 2 heteroatoms. The summed E-state index contributed by atoms with van der Waals surface area (Å²) in [5.41, 5.74) is 0. The molecular weight excluding hydrogens is 167 g/mol. The first-order valence-corrected chi connectivity index (χ1v) is 4.76. The average Bonchev–Trinajstić information content (AvgIpc) is 1.84. The Bertz CT molecular complexity index is 87.8. The van der Waals surface area contributed by atoms with Crippen LogP contribution in [0.5, 0.6) is 0 Å². The Hall–Kier alpha value is 0.580. The smallest absolute Gasteiger partial charge is 0.0365 e. The Kier molecular flexibility index (Phi) is 2.88. The monoisotopic (exact) mass is 180 g/mol. The lowest BCUT2D eigenvalue weighted by Crippen LogP contribution is -2.29. The molecule has 0 nitrogen and oxygen atoms in total. The molecule has 0 spiro atoms. The highest BCUT2D eigenvalue weighted by Crippen LogP contribution is 2.35. The number of halogens is 2. The Labute approximate surface area is 72.9 Å². The van der Waals surface area contributed by atoms with Gasteiger partial charge in [0.05, 0.1) is 0 Å². The minimum Gasteiger partial charge on any atom is -0.123 e. The van der Waals surface area contributed by atoms with Crippen LogP contribution in [0.4, 0.5) is 0 Å². The third-order valence-electron chi connectivity index (χ3n) is 2.43. The largest absolute Gasteiger partial charge is 0.123 e. The van der Waals surface area contributed by atoms with Gasteiger partial charge in [-0.15, -0.1) is 23.2 Å². The van der Waals surface area contributed by atoms with Crippen molar-refractivity contribution in [2.75, 3.05) is 0 Å². The molecule has 1 saturated carbocycles. The van der Waals surface area contributed by atoms with Gasteiger partial charge in [0.25, 0.3) is 0 Å². The lowest BCUT2D eigenvalue weighted by molar-refractivity contribution is 0.320. The quantitative estimate of drug-likeness (QED) is 0.503. The van der Waals surface area contributed by atoms with Gasteiger partial charge in [-0.25, -0.2) is 0 Å². The van der Waals surface area contributed by atoms with E-state index in [1.807, 2.05) is 0 Å². The molecule has 1 aliphatic carbocycles. The van der Waals surface area contributed by atoms with Gasteiger partial charge >= 0.3 is 0 Å². The van der Waals surface area contributed by atoms with Gasteiger partial charge in [-0.2, -0.15) is 0 Å². The molecule has 10 heavy (non-hydrogen) atoms. The van der Waals surface area contributed by atoms with Crippen molar-refractivity contribution in [2.45, 2.75) is 37.4 Å². The molecule has 0 N–H and O–H groups in total. The van der Waals surface area contributed by atoms with Crippen LogP contribution in [0.1, 0.15) is 26.7 Å². The third-order valence-corrected chi connectivity index (χ3v) is 3.65. The summed E-state index contributed by atoms with van der Waals surface area (Å²) in [5.74, 6) is 1.20. The van der Waals surface area contributed by atoms with E-state index < -0.39 is 0 Å². The van der Waals surface area contributed by atoms with Crippen LogP contribution >= 0.6 is 23.2 Å². The van der Waals surface area contributed by atoms with Gasteiger partial charge in [-0.05, 0) is 24.7 Å². The van der Waals surface area contributed by atoms with Gasteiger partial charge in [0, 0.05) is 10.8 Å². The van der Waals surface area contributed by atoms with E-state index in [0.29, 0.717) is 22.6 Å². The average molecular weight is 181 g/mol. The fourth-order valence-electron chi connectivity index (χ4n) is 1.47. The van der Waals surface area contributed by atoms with Crippen molar-refractivity contribution in [2.24, 2.45) is 11.8 Å². The van der Waals surface area contributed by atoms with Gasteiger partial charge in [0.2, 0.25) is 0 Å². The van der Waals surface area contributed by atoms with E-state index in [1.165, 1.54) is 0 Å². The van der Waals surface area contributed by atoms with E-state index in [1.54, 1.807) is 0 Å². The number of hydrogen-bond acceptors (Lipinski definition) is 0. The minimum absolute atomic E-state index is 0.352. The van der Waals surface area contributed by atoms with Crippen molar-refractivity contribution in [1.29, 1.82) is 0 Å². The molecular formula is C8H14Cl2. The molecule has 0 bridgehead atoms. The van der Waals surface area contributed by atoms with Crippen LogP contribution in [0.15, 0.2) is 0 Å². The van der Waals surface area contributed by atoms with Crippen LogP contribution in [0.3, 0.4) is 0 Å². The van der Waals surface area contributed by atoms with E-state index >= 15 is 0 Å². The van der Waals surface area contributed by atoms with Crippen LogP contribution in [0.25, 0.3) is 0 Å². The molecule has 0 aromatic heterocycles. The van der Waals surface area contributed by atoms with E-state index in [9.17, 15) is 0 Å². The highest BCUT2D eigenvalue weighted by atomic mass is 35.5. The second-order valence-electron chi connectivity index (χ2n) is 3.46. The maximum Gasteiger partial charge on any atom is 0.0365 e. The molecule has 1 fully saturated rings. The Morgan fingerprint density at radius 1 is 0.900 bits per heavy atom.